The van der Waals surface area contributed by atoms with Crippen molar-refractivity contribution in [1.29, 1.82) is 5.26 Å². The maximum absolute atomic E-state index is 13.2. The Morgan fingerprint density at radius 1 is 1.12 bits per heavy atom. The minimum absolute atomic E-state index is 0.0365. The largest absolute Gasteiger partial charge is 0.370 e. The fourth-order valence-corrected chi connectivity index (χ4v) is 6.84. The number of hydrogen-bond donors (Lipinski definition) is 1. The van der Waals surface area contributed by atoms with Crippen molar-refractivity contribution in [2.24, 2.45) is 5.92 Å². The van der Waals surface area contributed by atoms with Crippen molar-refractivity contribution in [2.45, 2.75) is 36.6 Å². The second kappa shape index (κ2) is 8.78. The second-order valence-electron chi connectivity index (χ2n) is 8.33. The third-order valence-electron chi connectivity index (χ3n) is 6.24. The summed E-state index contributed by atoms with van der Waals surface area (Å²) in [7, 11) is -6.02. The first kappa shape index (κ1) is 23.2. The second-order valence-corrected chi connectivity index (χ2v) is 11.6. The molecule has 11 heteroatoms. The fraction of sp³-hybridized carbons (Fsp3) is 0.364. The summed E-state index contributed by atoms with van der Waals surface area (Å²) in [4.78, 5) is 6.39. The molecule has 4 rings (SSSR count). The predicted molar refractivity (Wildman–Crippen MR) is 124 cm³/mol. The van der Waals surface area contributed by atoms with Gasteiger partial charge >= 0.3 is 0 Å². The van der Waals surface area contributed by atoms with Gasteiger partial charge in [0, 0.05) is 30.9 Å². The molecule has 0 unspecified atom stereocenters. The monoisotopic (exact) mass is 488 g/mol. The molecule has 0 spiro atoms. The normalized spacial score (nSPS) is 19.3. The van der Waals surface area contributed by atoms with Gasteiger partial charge in [-0.25, -0.2) is 17.4 Å². The van der Waals surface area contributed by atoms with E-state index in [1.54, 1.807) is 24.3 Å². The highest BCUT2D eigenvalue weighted by molar-refractivity contribution is 7.90. The van der Waals surface area contributed by atoms with Gasteiger partial charge in [-0.05, 0) is 49.8 Å². The third kappa shape index (κ3) is 4.59. The molecule has 0 aliphatic heterocycles. The molecular weight excluding hydrogens is 464 g/mol. The Morgan fingerprint density at radius 3 is 2.39 bits per heavy atom. The molecule has 9 nitrogen and oxygen atoms in total. The zero-order chi connectivity index (χ0) is 23.8. The molecule has 0 radical (unpaired) electrons. The van der Waals surface area contributed by atoms with Gasteiger partial charge in [-0.1, -0.05) is 18.2 Å². The Labute approximate surface area is 193 Å². The summed E-state index contributed by atoms with van der Waals surface area (Å²) >= 11 is 0. The highest BCUT2D eigenvalue weighted by Crippen LogP contribution is 2.36. The molecule has 1 N–H and O–H groups in total. The average molecular weight is 489 g/mol. The smallest absolute Gasteiger partial charge is 0.269 e. The number of anilines is 1. The van der Waals surface area contributed by atoms with Crippen LogP contribution in [0.4, 0.5) is 5.69 Å². The van der Waals surface area contributed by atoms with E-state index in [-0.39, 0.29) is 28.3 Å². The maximum atomic E-state index is 13.2. The fourth-order valence-electron chi connectivity index (χ4n) is 4.59. The van der Waals surface area contributed by atoms with Gasteiger partial charge in [0.1, 0.15) is 6.07 Å². The number of nitriles is 1. The molecule has 1 aliphatic carbocycles. The topological polar surface area (TPSA) is 133 Å². The van der Waals surface area contributed by atoms with Crippen LogP contribution < -0.4 is 4.90 Å². The Bertz CT molecular complexity index is 1420. The standard InChI is InChI=1S/C22H24N4O5S2/c1-25(18-9-7-16(8-10-18)15-32(27,28)29)21-17(13-23)14-24-22-20(21)11-12-26(22)33(30,31)19-5-3-2-4-6-19/h2-6,11-12,14,16,18H,7-10,15H2,1H3,(H,27,28,29). The van der Waals surface area contributed by atoms with E-state index in [1.807, 2.05) is 11.9 Å². The van der Waals surface area contributed by atoms with Gasteiger partial charge in [0.25, 0.3) is 20.1 Å². The Morgan fingerprint density at radius 2 is 1.79 bits per heavy atom. The van der Waals surface area contributed by atoms with Gasteiger partial charge in [0.15, 0.2) is 5.65 Å². The van der Waals surface area contributed by atoms with Gasteiger partial charge in [-0.15, -0.1) is 0 Å². The Balaban J connectivity index is 1.69. The van der Waals surface area contributed by atoms with Crippen LogP contribution in [0.2, 0.25) is 0 Å². The summed E-state index contributed by atoms with van der Waals surface area (Å²) in [5, 5.41) is 10.3. The number of nitrogens with zero attached hydrogens (tertiary/aromatic N) is 4. The van der Waals surface area contributed by atoms with Crippen molar-refractivity contribution >= 4 is 36.9 Å². The summed E-state index contributed by atoms with van der Waals surface area (Å²) in [5.41, 5.74) is 1.17. The lowest BCUT2D eigenvalue weighted by molar-refractivity contribution is 0.335. The number of rotatable bonds is 6. The van der Waals surface area contributed by atoms with Crippen LogP contribution in [0.15, 0.2) is 53.7 Å². The van der Waals surface area contributed by atoms with Gasteiger partial charge < -0.3 is 4.90 Å². The highest BCUT2D eigenvalue weighted by Gasteiger charge is 2.30. The van der Waals surface area contributed by atoms with Crippen LogP contribution in [0.5, 0.6) is 0 Å². The molecule has 1 fully saturated rings. The quantitative estimate of drug-likeness (QED) is 0.524. The van der Waals surface area contributed by atoms with E-state index in [4.69, 9.17) is 4.55 Å². The van der Waals surface area contributed by atoms with E-state index in [1.165, 1.54) is 24.5 Å². The lowest BCUT2D eigenvalue weighted by atomic mass is 9.86. The van der Waals surface area contributed by atoms with Crippen LogP contribution in [0.1, 0.15) is 31.2 Å². The molecule has 2 heterocycles. The van der Waals surface area contributed by atoms with Crippen LogP contribution in [0, 0.1) is 17.2 Å². The first-order valence-electron chi connectivity index (χ1n) is 10.5. The van der Waals surface area contributed by atoms with Crippen molar-refractivity contribution in [3.63, 3.8) is 0 Å². The summed E-state index contributed by atoms with van der Waals surface area (Å²) in [5.74, 6) is -0.346. The molecule has 3 aromatic rings. The summed E-state index contributed by atoms with van der Waals surface area (Å²) < 4.78 is 59.0. The molecule has 174 valence electrons. The van der Waals surface area contributed by atoms with Crippen LogP contribution in [0.3, 0.4) is 0 Å². The SMILES string of the molecule is CN(c1c(C#N)cnc2c1ccn2S(=O)(=O)c1ccccc1)C1CCC(CS(=O)(=O)O)CC1. The lowest BCUT2D eigenvalue weighted by Crippen LogP contribution is -2.37. The number of pyridine rings is 1. The number of benzene rings is 1. The molecule has 1 aromatic carbocycles. The van der Waals surface area contributed by atoms with Crippen LogP contribution in [-0.2, 0) is 20.1 Å². The molecule has 0 bridgehead atoms. The molecule has 1 saturated carbocycles. The van der Waals surface area contributed by atoms with E-state index >= 15 is 0 Å². The van der Waals surface area contributed by atoms with Crippen molar-refractivity contribution in [3.8, 4) is 6.07 Å². The third-order valence-corrected chi connectivity index (χ3v) is 8.81. The summed E-state index contributed by atoms with van der Waals surface area (Å²) in [6, 6.07) is 11.9. The highest BCUT2D eigenvalue weighted by atomic mass is 32.2. The van der Waals surface area contributed by atoms with Crippen LogP contribution in [-0.4, -0.2) is 49.2 Å². The number of hydrogen-bond acceptors (Lipinski definition) is 7. The van der Waals surface area contributed by atoms with E-state index < -0.39 is 20.1 Å². The first-order chi connectivity index (χ1) is 15.6. The van der Waals surface area contributed by atoms with E-state index in [0.29, 0.717) is 42.3 Å². The lowest BCUT2D eigenvalue weighted by Gasteiger charge is -2.36. The Hall–Kier alpha value is -2.94. The van der Waals surface area contributed by atoms with Gasteiger partial charge in [0.2, 0.25) is 0 Å². The molecule has 33 heavy (non-hydrogen) atoms. The molecule has 0 amide bonds. The number of fused-ring (bicyclic) bond motifs is 1. The predicted octanol–water partition coefficient (Wildman–Crippen LogP) is 3.03. The van der Waals surface area contributed by atoms with E-state index in [0.717, 1.165) is 3.97 Å². The zero-order valence-corrected chi connectivity index (χ0v) is 19.6. The van der Waals surface area contributed by atoms with Gasteiger partial charge in [-0.3, -0.25) is 4.55 Å². The van der Waals surface area contributed by atoms with Gasteiger partial charge in [0.05, 0.1) is 21.9 Å². The molecular formula is C22H24N4O5S2. The van der Waals surface area contributed by atoms with Crippen LogP contribution >= 0.6 is 0 Å². The molecule has 2 aromatic heterocycles. The van der Waals surface area contributed by atoms with Crippen molar-refractivity contribution in [2.75, 3.05) is 17.7 Å². The van der Waals surface area contributed by atoms with Crippen molar-refractivity contribution < 1.29 is 21.4 Å². The van der Waals surface area contributed by atoms with Crippen molar-refractivity contribution in [1.82, 2.24) is 8.96 Å². The van der Waals surface area contributed by atoms with Gasteiger partial charge in [-0.2, -0.15) is 13.7 Å². The Kier molecular flexibility index (Phi) is 6.18. The molecule has 1 aliphatic rings. The molecule has 0 saturated heterocycles. The zero-order valence-electron chi connectivity index (χ0n) is 18.0. The minimum atomic E-state index is -4.01. The van der Waals surface area contributed by atoms with E-state index in [2.05, 4.69) is 11.1 Å². The summed E-state index contributed by atoms with van der Waals surface area (Å²) in [6.45, 7) is 0. The number of aromatic nitrogens is 2. The first-order valence-corrected chi connectivity index (χ1v) is 13.6. The minimum Gasteiger partial charge on any atom is -0.370 e. The summed E-state index contributed by atoms with van der Waals surface area (Å²) in [6.07, 6.45) is 5.47. The molecule has 0 atom stereocenters. The van der Waals surface area contributed by atoms with Crippen LogP contribution in [0.25, 0.3) is 11.0 Å². The van der Waals surface area contributed by atoms with E-state index in [9.17, 15) is 22.1 Å². The van der Waals surface area contributed by atoms with Crippen molar-refractivity contribution in [3.05, 3.63) is 54.4 Å². The average Bonchev–Trinajstić information content (AvgIpc) is 3.23. The maximum Gasteiger partial charge on any atom is 0.269 e.